The molecule has 0 amide bonds. The Bertz CT molecular complexity index is 130. The van der Waals surface area contributed by atoms with Gasteiger partial charge >= 0.3 is 0 Å². The molecule has 14 heavy (non-hydrogen) atoms. The summed E-state index contributed by atoms with van der Waals surface area (Å²) < 4.78 is 5.59. The number of hydrogen-bond acceptors (Lipinski definition) is 2. The standard InChI is InChI=1S/C12H24O2/c1-2-3-5-10-12(13)14-11-8-6-4-7-9-11/h11-13H,2-10H2,1H3. The lowest BCUT2D eigenvalue weighted by atomic mass is 9.98. The van der Waals surface area contributed by atoms with Crippen LogP contribution in [0.2, 0.25) is 0 Å². The summed E-state index contributed by atoms with van der Waals surface area (Å²) in [4.78, 5) is 0. The fourth-order valence-electron chi connectivity index (χ4n) is 2.06. The first-order valence-corrected chi connectivity index (χ1v) is 6.16. The number of aliphatic hydroxyl groups is 1. The Morgan fingerprint density at radius 1 is 1.21 bits per heavy atom. The van der Waals surface area contributed by atoms with Gasteiger partial charge in [0.2, 0.25) is 0 Å². The summed E-state index contributed by atoms with van der Waals surface area (Å²) in [6.07, 6.45) is 10.3. The average molecular weight is 200 g/mol. The molecule has 1 saturated carbocycles. The minimum atomic E-state index is -0.510. The maximum absolute atomic E-state index is 9.61. The van der Waals surface area contributed by atoms with Crippen LogP contribution in [0.5, 0.6) is 0 Å². The van der Waals surface area contributed by atoms with E-state index in [-0.39, 0.29) is 0 Å². The summed E-state index contributed by atoms with van der Waals surface area (Å²) in [5, 5.41) is 9.61. The molecule has 1 fully saturated rings. The van der Waals surface area contributed by atoms with Gasteiger partial charge in [-0.25, -0.2) is 0 Å². The van der Waals surface area contributed by atoms with Gasteiger partial charge in [-0.2, -0.15) is 0 Å². The Balaban J connectivity index is 2.03. The molecule has 1 aliphatic rings. The van der Waals surface area contributed by atoms with E-state index in [0.29, 0.717) is 6.10 Å². The molecule has 0 heterocycles. The predicted octanol–water partition coefficient (Wildman–Crippen LogP) is 3.23. The van der Waals surface area contributed by atoms with Crippen LogP contribution in [0.3, 0.4) is 0 Å². The van der Waals surface area contributed by atoms with Crippen molar-refractivity contribution in [1.29, 1.82) is 0 Å². The minimum Gasteiger partial charge on any atom is -0.368 e. The Morgan fingerprint density at radius 3 is 2.57 bits per heavy atom. The monoisotopic (exact) mass is 200 g/mol. The third-order valence-corrected chi connectivity index (χ3v) is 2.96. The summed E-state index contributed by atoms with van der Waals surface area (Å²) in [7, 11) is 0. The van der Waals surface area contributed by atoms with Gasteiger partial charge in [0.15, 0.2) is 6.29 Å². The van der Waals surface area contributed by atoms with E-state index in [9.17, 15) is 5.11 Å². The van der Waals surface area contributed by atoms with Gasteiger partial charge in [0.1, 0.15) is 0 Å². The Hall–Kier alpha value is -0.0800. The zero-order valence-corrected chi connectivity index (χ0v) is 9.37. The van der Waals surface area contributed by atoms with E-state index < -0.39 is 6.29 Å². The van der Waals surface area contributed by atoms with Crippen molar-refractivity contribution in [3.05, 3.63) is 0 Å². The molecule has 0 aliphatic heterocycles. The highest BCUT2D eigenvalue weighted by Crippen LogP contribution is 2.22. The van der Waals surface area contributed by atoms with E-state index in [4.69, 9.17) is 4.74 Å². The maximum Gasteiger partial charge on any atom is 0.154 e. The number of unbranched alkanes of at least 4 members (excludes halogenated alkanes) is 2. The lowest BCUT2D eigenvalue weighted by Gasteiger charge is -2.24. The first-order chi connectivity index (χ1) is 6.83. The molecule has 0 aromatic carbocycles. The fourth-order valence-corrected chi connectivity index (χ4v) is 2.06. The van der Waals surface area contributed by atoms with Crippen molar-refractivity contribution < 1.29 is 9.84 Å². The zero-order chi connectivity index (χ0) is 10.2. The summed E-state index contributed by atoms with van der Waals surface area (Å²) in [5.74, 6) is 0. The first kappa shape index (κ1) is 12.0. The van der Waals surface area contributed by atoms with Crippen LogP contribution in [0.15, 0.2) is 0 Å². The van der Waals surface area contributed by atoms with E-state index in [1.54, 1.807) is 0 Å². The van der Waals surface area contributed by atoms with Crippen molar-refractivity contribution in [3.8, 4) is 0 Å². The number of aliphatic hydroxyl groups excluding tert-OH is 1. The van der Waals surface area contributed by atoms with Crippen molar-refractivity contribution >= 4 is 0 Å². The third kappa shape index (κ3) is 4.97. The fraction of sp³-hybridized carbons (Fsp3) is 1.00. The molecule has 84 valence electrons. The highest BCUT2D eigenvalue weighted by atomic mass is 16.6. The molecule has 0 saturated heterocycles. The van der Waals surface area contributed by atoms with Crippen LogP contribution in [-0.4, -0.2) is 17.5 Å². The molecule has 0 radical (unpaired) electrons. The van der Waals surface area contributed by atoms with E-state index >= 15 is 0 Å². The Morgan fingerprint density at radius 2 is 1.93 bits per heavy atom. The molecule has 2 nitrogen and oxygen atoms in total. The van der Waals surface area contributed by atoms with Crippen LogP contribution in [0.4, 0.5) is 0 Å². The topological polar surface area (TPSA) is 29.5 Å². The zero-order valence-electron chi connectivity index (χ0n) is 9.37. The molecule has 0 spiro atoms. The summed E-state index contributed by atoms with van der Waals surface area (Å²) in [6, 6.07) is 0. The van der Waals surface area contributed by atoms with E-state index in [2.05, 4.69) is 6.92 Å². The van der Waals surface area contributed by atoms with Gasteiger partial charge in [0, 0.05) is 0 Å². The van der Waals surface area contributed by atoms with Crippen LogP contribution in [-0.2, 0) is 4.74 Å². The van der Waals surface area contributed by atoms with E-state index in [1.807, 2.05) is 0 Å². The number of rotatable bonds is 6. The van der Waals surface area contributed by atoms with Gasteiger partial charge in [-0.05, 0) is 25.7 Å². The normalized spacial score (nSPS) is 21.0. The SMILES string of the molecule is CCCCCC(O)OC1CCCCC1. The van der Waals surface area contributed by atoms with E-state index in [0.717, 1.165) is 25.7 Å². The highest BCUT2D eigenvalue weighted by molar-refractivity contribution is 4.65. The third-order valence-electron chi connectivity index (χ3n) is 2.96. The highest BCUT2D eigenvalue weighted by Gasteiger charge is 2.17. The summed E-state index contributed by atoms with van der Waals surface area (Å²) in [6.45, 7) is 2.17. The Labute approximate surface area is 87.7 Å². The molecule has 1 atom stereocenters. The van der Waals surface area contributed by atoms with Gasteiger partial charge in [0.25, 0.3) is 0 Å². The molecule has 1 unspecified atom stereocenters. The van der Waals surface area contributed by atoms with Crippen molar-refractivity contribution in [1.82, 2.24) is 0 Å². The van der Waals surface area contributed by atoms with Crippen molar-refractivity contribution in [2.24, 2.45) is 0 Å². The van der Waals surface area contributed by atoms with Crippen LogP contribution < -0.4 is 0 Å². The molecule has 1 N–H and O–H groups in total. The van der Waals surface area contributed by atoms with Crippen molar-refractivity contribution in [2.75, 3.05) is 0 Å². The minimum absolute atomic E-state index is 0.334. The molecule has 2 heteroatoms. The van der Waals surface area contributed by atoms with Gasteiger partial charge in [-0.15, -0.1) is 0 Å². The van der Waals surface area contributed by atoms with Crippen LogP contribution in [0.25, 0.3) is 0 Å². The van der Waals surface area contributed by atoms with Gasteiger partial charge in [-0.1, -0.05) is 39.0 Å². The quantitative estimate of drug-likeness (QED) is 0.527. The van der Waals surface area contributed by atoms with Crippen LogP contribution in [0, 0.1) is 0 Å². The molecule has 1 aliphatic carbocycles. The molecular weight excluding hydrogens is 176 g/mol. The summed E-state index contributed by atoms with van der Waals surface area (Å²) >= 11 is 0. The summed E-state index contributed by atoms with van der Waals surface area (Å²) in [5.41, 5.74) is 0. The lowest BCUT2D eigenvalue weighted by Crippen LogP contribution is -2.24. The smallest absolute Gasteiger partial charge is 0.154 e. The molecular formula is C12H24O2. The lowest BCUT2D eigenvalue weighted by molar-refractivity contribution is -0.147. The predicted molar refractivity (Wildman–Crippen MR) is 58.1 cm³/mol. The molecule has 0 aromatic heterocycles. The molecule has 1 rings (SSSR count). The van der Waals surface area contributed by atoms with Gasteiger partial charge in [0.05, 0.1) is 6.10 Å². The average Bonchev–Trinajstić information content (AvgIpc) is 2.20. The van der Waals surface area contributed by atoms with E-state index in [1.165, 1.54) is 32.1 Å². The largest absolute Gasteiger partial charge is 0.368 e. The second kappa shape index (κ2) is 7.24. The van der Waals surface area contributed by atoms with Crippen molar-refractivity contribution in [3.63, 3.8) is 0 Å². The number of hydrogen-bond donors (Lipinski definition) is 1. The van der Waals surface area contributed by atoms with Gasteiger partial charge < -0.3 is 9.84 Å². The second-order valence-corrected chi connectivity index (χ2v) is 4.35. The Kier molecular flexibility index (Phi) is 6.20. The van der Waals surface area contributed by atoms with Crippen molar-refractivity contribution in [2.45, 2.75) is 77.1 Å². The van der Waals surface area contributed by atoms with Gasteiger partial charge in [-0.3, -0.25) is 0 Å². The van der Waals surface area contributed by atoms with Crippen LogP contribution in [0.1, 0.15) is 64.7 Å². The molecule has 0 bridgehead atoms. The first-order valence-electron chi connectivity index (χ1n) is 6.16. The molecule has 0 aromatic rings. The second-order valence-electron chi connectivity index (χ2n) is 4.35. The number of ether oxygens (including phenoxy) is 1. The maximum atomic E-state index is 9.61. The van der Waals surface area contributed by atoms with Crippen LogP contribution >= 0.6 is 0 Å².